The summed E-state index contributed by atoms with van der Waals surface area (Å²) in [6.07, 6.45) is -3.05. The van der Waals surface area contributed by atoms with Crippen molar-refractivity contribution in [1.29, 1.82) is 0 Å². The molecule has 1 aromatic heterocycles. The largest absolute Gasteiger partial charge is 0.496 e. The first-order chi connectivity index (χ1) is 13.7. The van der Waals surface area contributed by atoms with Crippen LogP contribution in [0.1, 0.15) is 19.6 Å². The molecule has 0 spiro atoms. The van der Waals surface area contributed by atoms with Crippen molar-refractivity contribution in [2.45, 2.75) is 20.0 Å². The van der Waals surface area contributed by atoms with Gasteiger partial charge in [0.1, 0.15) is 23.7 Å². The van der Waals surface area contributed by atoms with Crippen LogP contribution in [0.4, 0.5) is 13.2 Å². The second-order valence-corrected chi connectivity index (χ2v) is 6.58. The predicted octanol–water partition coefficient (Wildman–Crippen LogP) is 5.83. The Bertz CT molecular complexity index is 1120. The van der Waals surface area contributed by atoms with Gasteiger partial charge >= 0.3 is 6.18 Å². The zero-order valence-electron chi connectivity index (χ0n) is 16.1. The molecule has 3 aromatic rings. The van der Waals surface area contributed by atoms with Gasteiger partial charge in [-0.1, -0.05) is 23.8 Å². The molecule has 0 aliphatic carbocycles. The SMILES string of the molecule is COc1ccccc1-c1c(C(F)(F)F)oc2cc(OCC=C(C)C)ccc2c1=O. The number of rotatable bonds is 5. The Labute approximate surface area is 165 Å². The maximum Gasteiger partial charge on any atom is 0.450 e. The van der Waals surface area contributed by atoms with Gasteiger partial charge in [-0.15, -0.1) is 0 Å². The van der Waals surface area contributed by atoms with E-state index in [9.17, 15) is 18.0 Å². The molecule has 0 unspecified atom stereocenters. The van der Waals surface area contributed by atoms with Crippen LogP contribution in [-0.4, -0.2) is 13.7 Å². The highest BCUT2D eigenvalue weighted by Gasteiger charge is 2.40. The Morgan fingerprint density at radius 3 is 2.52 bits per heavy atom. The molecule has 0 amide bonds. The predicted molar refractivity (Wildman–Crippen MR) is 104 cm³/mol. The molecular weight excluding hydrogens is 385 g/mol. The summed E-state index contributed by atoms with van der Waals surface area (Å²) in [4.78, 5) is 13.0. The number of hydrogen-bond donors (Lipinski definition) is 0. The second kappa shape index (κ2) is 8.03. The Morgan fingerprint density at radius 1 is 1.14 bits per heavy atom. The summed E-state index contributed by atoms with van der Waals surface area (Å²) in [5, 5.41) is 0.0217. The first-order valence-corrected chi connectivity index (χ1v) is 8.80. The second-order valence-electron chi connectivity index (χ2n) is 6.58. The molecule has 152 valence electrons. The van der Waals surface area contributed by atoms with E-state index in [4.69, 9.17) is 13.9 Å². The van der Waals surface area contributed by atoms with Crippen LogP contribution < -0.4 is 14.9 Å². The van der Waals surface area contributed by atoms with E-state index >= 15 is 0 Å². The molecule has 0 bridgehead atoms. The van der Waals surface area contributed by atoms with Crippen molar-refractivity contribution in [2.24, 2.45) is 0 Å². The number of hydrogen-bond acceptors (Lipinski definition) is 4. The van der Waals surface area contributed by atoms with E-state index in [0.717, 1.165) is 5.57 Å². The van der Waals surface area contributed by atoms with Gasteiger partial charge in [0.2, 0.25) is 11.2 Å². The van der Waals surface area contributed by atoms with Crippen molar-refractivity contribution in [2.75, 3.05) is 13.7 Å². The molecule has 0 N–H and O–H groups in total. The van der Waals surface area contributed by atoms with E-state index in [-0.39, 0.29) is 28.9 Å². The molecule has 7 heteroatoms. The van der Waals surface area contributed by atoms with Crippen molar-refractivity contribution in [3.05, 3.63) is 70.1 Å². The van der Waals surface area contributed by atoms with Crippen molar-refractivity contribution < 1.29 is 27.1 Å². The van der Waals surface area contributed by atoms with Crippen molar-refractivity contribution in [1.82, 2.24) is 0 Å². The van der Waals surface area contributed by atoms with Crippen molar-refractivity contribution in [3.8, 4) is 22.6 Å². The fourth-order valence-corrected chi connectivity index (χ4v) is 2.86. The normalized spacial score (nSPS) is 11.4. The summed E-state index contributed by atoms with van der Waals surface area (Å²) in [5.41, 5.74) is -0.518. The highest BCUT2D eigenvalue weighted by atomic mass is 19.4. The van der Waals surface area contributed by atoms with Gasteiger partial charge in [0.25, 0.3) is 0 Å². The molecule has 29 heavy (non-hydrogen) atoms. The van der Waals surface area contributed by atoms with Crippen molar-refractivity contribution >= 4 is 11.0 Å². The van der Waals surface area contributed by atoms with Crippen molar-refractivity contribution in [3.63, 3.8) is 0 Å². The average Bonchev–Trinajstić information content (AvgIpc) is 2.66. The molecule has 0 aliphatic rings. The average molecular weight is 404 g/mol. The highest BCUT2D eigenvalue weighted by molar-refractivity contribution is 5.85. The molecule has 1 heterocycles. The summed E-state index contributed by atoms with van der Waals surface area (Å²) in [5.74, 6) is -0.927. The Morgan fingerprint density at radius 2 is 1.86 bits per heavy atom. The van der Waals surface area contributed by atoms with Crippen LogP contribution in [0.3, 0.4) is 0 Å². The lowest BCUT2D eigenvalue weighted by Crippen LogP contribution is -2.16. The topological polar surface area (TPSA) is 48.7 Å². The summed E-state index contributed by atoms with van der Waals surface area (Å²) in [6, 6.07) is 10.2. The van der Waals surface area contributed by atoms with E-state index < -0.39 is 22.9 Å². The van der Waals surface area contributed by atoms with Gasteiger partial charge in [0.05, 0.1) is 18.1 Å². The van der Waals surface area contributed by atoms with Gasteiger partial charge in [-0.25, -0.2) is 0 Å². The van der Waals surface area contributed by atoms with Crippen LogP contribution in [0.25, 0.3) is 22.1 Å². The van der Waals surface area contributed by atoms with Gasteiger partial charge in [0, 0.05) is 11.6 Å². The molecule has 0 saturated carbocycles. The standard InChI is InChI=1S/C22H19F3O4/c1-13(2)10-11-28-14-8-9-16-18(12-14)29-21(22(23,24)25)19(20(16)26)15-6-4-5-7-17(15)27-3/h4-10,12H,11H2,1-3H3. The van der Waals surface area contributed by atoms with Crippen LogP contribution in [0.5, 0.6) is 11.5 Å². The maximum absolute atomic E-state index is 13.8. The fraction of sp³-hybridized carbons (Fsp3) is 0.227. The minimum atomic E-state index is -4.87. The van der Waals surface area contributed by atoms with Crippen LogP contribution >= 0.6 is 0 Å². The zero-order chi connectivity index (χ0) is 21.2. The Hall–Kier alpha value is -3.22. The minimum absolute atomic E-state index is 0.0156. The molecule has 3 rings (SSSR count). The summed E-state index contributed by atoms with van der Waals surface area (Å²) in [7, 11) is 1.32. The van der Waals surface area contributed by atoms with Gasteiger partial charge in [-0.3, -0.25) is 4.79 Å². The van der Waals surface area contributed by atoms with Gasteiger partial charge < -0.3 is 13.9 Å². The van der Waals surface area contributed by atoms with E-state index in [0.29, 0.717) is 5.75 Å². The number of ether oxygens (including phenoxy) is 2. The third-order valence-electron chi connectivity index (χ3n) is 4.24. The van der Waals surface area contributed by atoms with Gasteiger partial charge in [-0.05, 0) is 38.1 Å². The summed E-state index contributed by atoms with van der Waals surface area (Å²) in [6.45, 7) is 4.05. The molecule has 4 nitrogen and oxygen atoms in total. The number of benzene rings is 2. The zero-order valence-corrected chi connectivity index (χ0v) is 16.1. The van der Waals surface area contributed by atoms with Crippen LogP contribution in [-0.2, 0) is 6.18 Å². The number of alkyl halides is 3. The molecule has 0 aliphatic heterocycles. The van der Waals surface area contributed by atoms with E-state index in [1.54, 1.807) is 6.07 Å². The van der Waals surface area contributed by atoms with E-state index in [1.165, 1.54) is 43.5 Å². The number of para-hydroxylation sites is 1. The first-order valence-electron chi connectivity index (χ1n) is 8.80. The van der Waals surface area contributed by atoms with Crippen LogP contribution in [0.15, 0.2) is 63.3 Å². The lowest BCUT2D eigenvalue weighted by Gasteiger charge is -2.15. The lowest BCUT2D eigenvalue weighted by atomic mass is 10.0. The number of halogens is 3. The number of methoxy groups -OCH3 is 1. The molecule has 2 aromatic carbocycles. The number of fused-ring (bicyclic) bond motifs is 1. The lowest BCUT2D eigenvalue weighted by molar-refractivity contribution is -0.152. The van der Waals surface area contributed by atoms with Crippen LogP contribution in [0.2, 0.25) is 0 Å². The number of allylic oxidation sites excluding steroid dienone is 1. The highest BCUT2D eigenvalue weighted by Crippen LogP contribution is 2.40. The summed E-state index contributed by atoms with van der Waals surface area (Å²) < 4.78 is 57.1. The molecule has 0 saturated heterocycles. The Balaban J connectivity index is 2.23. The third-order valence-corrected chi connectivity index (χ3v) is 4.24. The van der Waals surface area contributed by atoms with E-state index in [2.05, 4.69) is 0 Å². The smallest absolute Gasteiger partial charge is 0.450 e. The molecule has 0 atom stereocenters. The van der Waals surface area contributed by atoms with Crippen LogP contribution in [0, 0.1) is 0 Å². The first kappa shape index (κ1) is 20.5. The molecule has 0 radical (unpaired) electrons. The van der Waals surface area contributed by atoms with Gasteiger partial charge in [-0.2, -0.15) is 13.2 Å². The van der Waals surface area contributed by atoms with E-state index in [1.807, 2.05) is 19.9 Å². The summed E-state index contributed by atoms with van der Waals surface area (Å²) >= 11 is 0. The van der Waals surface area contributed by atoms with Gasteiger partial charge in [0.15, 0.2) is 0 Å². The molecular formula is C22H19F3O4. The maximum atomic E-state index is 13.8. The Kier molecular flexibility index (Phi) is 5.68. The minimum Gasteiger partial charge on any atom is -0.496 e. The molecule has 0 fully saturated rings. The fourth-order valence-electron chi connectivity index (χ4n) is 2.86. The quantitative estimate of drug-likeness (QED) is 0.502. The third kappa shape index (κ3) is 4.29. The monoisotopic (exact) mass is 404 g/mol.